The van der Waals surface area contributed by atoms with Gasteiger partial charge in [0.2, 0.25) is 0 Å². The molecule has 1 aliphatic heterocycles. The van der Waals surface area contributed by atoms with Gasteiger partial charge in [0, 0.05) is 41.4 Å². The van der Waals surface area contributed by atoms with Crippen molar-refractivity contribution in [1.82, 2.24) is 4.90 Å². The highest BCUT2D eigenvalue weighted by molar-refractivity contribution is 6.06. The van der Waals surface area contributed by atoms with E-state index in [1.165, 1.54) is 18.0 Å². The summed E-state index contributed by atoms with van der Waals surface area (Å²) in [5.41, 5.74) is 1.26. The number of halogens is 2. The molecule has 1 amide bonds. The van der Waals surface area contributed by atoms with Gasteiger partial charge in [0.25, 0.3) is 0 Å². The second-order valence-corrected chi connectivity index (χ2v) is 11.4. The van der Waals surface area contributed by atoms with E-state index in [2.05, 4.69) is 0 Å². The number of benzene rings is 2. The summed E-state index contributed by atoms with van der Waals surface area (Å²) in [6, 6.07) is 4.79. The first kappa shape index (κ1) is 30.9. The van der Waals surface area contributed by atoms with Crippen molar-refractivity contribution in [2.75, 3.05) is 25.1 Å². The Morgan fingerprint density at radius 3 is 2.08 bits per heavy atom. The standard InChI is InChI=1S/C28H36FN3O5.ClH/c1-9-37-24-20(31(8)26(35)36)12-16-17(22(24)29)13-32(25(16)30)14-21(33)15-10-18(27(2,3)4)23(34)19(11-15)28(5,6)7;/h10-12,30,34H,9,13-14H2,1-8H3,(H,35,36);1H. The zero-order valence-corrected chi connectivity index (χ0v) is 24.0. The number of hydrogen-bond donors (Lipinski definition) is 3. The summed E-state index contributed by atoms with van der Waals surface area (Å²) < 4.78 is 20.9. The van der Waals surface area contributed by atoms with Gasteiger partial charge in [0.05, 0.1) is 18.8 Å². The molecule has 0 unspecified atom stereocenters. The highest BCUT2D eigenvalue weighted by atomic mass is 35.5. The molecule has 208 valence electrons. The van der Waals surface area contributed by atoms with Crippen LogP contribution >= 0.6 is 12.4 Å². The molecule has 1 heterocycles. The lowest BCUT2D eigenvalue weighted by Gasteiger charge is -2.28. The minimum Gasteiger partial charge on any atom is -0.507 e. The zero-order chi connectivity index (χ0) is 28.0. The molecule has 8 nitrogen and oxygen atoms in total. The maximum absolute atomic E-state index is 15.5. The van der Waals surface area contributed by atoms with Gasteiger partial charge < -0.3 is 19.8 Å². The predicted molar refractivity (Wildman–Crippen MR) is 148 cm³/mol. The molecular weight excluding hydrogens is 513 g/mol. The molecule has 0 spiro atoms. The van der Waals surface area contributed by atoms with Crippen molar-refractivity contribution in [3.8, 4) is 11.5 Å². The molecule has 0 bridgehead atoms. The van der Waals surface area contributed by atoms with Crippen LogP contribution in [0.2, 0.25) is 0 Å². The van der Waals surface area contributed by atoms with E-state index in [-0.39, 0.29) is 72.0 Å². The summed E-state index contributed by atoms with van der Waals surface area (Å²) in [6.45, 7) is 13.3. The molecular formula is C28H37ClFN3O5. The third kappa shape index (κ3) is 5.72. The summed E-state index contributed by atoms with van der Waals surface area (Å²) in [4.78, 5) is 27.3. The Morgan fingerprint density at radius 1 is 1.11 bits per heavy atom. The molecule has 0 radical (unpaired) electrons. The highest BCUT2D eigenvalue weighted by Crippen LogP contribution is 2.41. The average molecular weight is 550 g/mol. The second kappa shape index (κ2) is 10.8. The quantitative estimate of drug-likeness (QED) is 0.376. The van der Waals surface area contributed by atoms with Crippen LogP contribution in [0.3, 0.4) is 0 Å². The molecule has 10 heteroatoms. The van der Waals surface area contributed by atoms with Gasteiger partial charge in [-0.25, -0.2) is 9.18 Å². The molecule has 38 heavy (non-hydrogen) atoms. The number of carbonyl (C=O) groups is 2. The Balaban J connectivity index is 0.00000507. The first-order chi connectivity index (χ1) is 17.0. The number of nitrogens with one attached hydrogen (secondary N) is 1. The Bertz CT molecular complexity index is 1250. The highest BCUT2D eigenvalue weighted by Gasteiger charge is 2.34. The molecule has 0 aliphatic carbocycles. The maximum Gasteiger partial charge on any atom is 0.411 e. The molecule has 0 saturated carbocycles. The van der Waals surface area contributed by atoms with Crippen LogP contribution in [0, 0.1) is 11.2 Å². The van der Waals surface area contributed by atoms with Gasteiger partial charge in [-0.15, -0.1) is 12.4 Å². The van der Waals surface area contributed by atoms with E-state index < -0.39 is 22.7 Å². The number of aromatic hydroxyl groups is 1. The molecule has 0 atom stereocenters. The van der Waals surface area contributed by atoms with Crippen LogP contribution in [0.15, 0.2) is 18.2 Å². The second-order valence-electron chi connectivity index (χ2n) is 11.4. The number of amidine groups is 1. The third-order valence-electron chi connectivity index (χ3n) is 6.54. The van der Waals surface area contributed by atoms with E-state index in [4.69, 9.17) is 10.1 Å². The topological polar surface area (TPSA) is 114 Å². The van der Waals surface area contributed by atoms with Crippen molar-refractivity contribution in [1.29, 1.82) is 5.41 Å². The summed E-state index contributed by atoms with van der Waals surface area (Å²) in [5.74, 6) is -1.12. The number of phenolic OH excluding ortho intramolecular Hbond substituents is 1. The first-order valence-electron chi connectivity index (χ1n) is 12.2. The van der Waals surface area contributed by atoms with Crippen molar-refractivity contribution in [3.05, 3.63) is 51.8 Å². The van der Waals surface area contributed by atoms with E-state index in [9.17, 15) is 19.8 Å². The molecule has 2 aromatic carbocycles. The van der Waals surface area contributed by atoms with Crippen molar-refractivity contribution < 1.29 is 28.9 Å². The smallest absolute Gasteiger partial charge is 0.411 e. The van der Waals surface area contributed by atoms with Gasteiger partial charge in [0.1, 0.15) is 11.6 Å². The van der Waals surface area contributed by atoms with E-state index in [1.807, 2.05) is 41.5 Å². The monoisotopic (exact) mass is 549 g/mol. The fourth-order valence-electron chi connectivity index (χ4n) is 4.44. The fourth-order valence-corrected chi connectivity index (χ4v) is 4.44. The molecule has 0 saturated heterocycles. The number of nitrogens with zero attached hydrogens (tertiary/aromatic N) is 2. The van der Waals surface area contributed by atoms with E-state index in [0.717, 1.165) is 4.90 Å². The minimum atomic E-state index is -1.30. The average Bonchev–Trinajstić information content (AvgIpc) is 3.09. The first-order valence-corrected chi connectivity index (χ1v) is 12.2. The largest absolute Gasteiger partial charge is 0.507 e. The Labute approximate surface area is 229 Å². The SMILES string of the molecule is CCOc1c(N(C)C(=O)O)cc2c(c1F)CN(CC(=O)c1cc(C(C)(C)C)c(O)c(C(C)(C)C)c1)C2=N.Cl. The van der Waals surface area contributed by atoms with Crippen LogP contribution in [0.1, 0.15) is 81.1 Å². The Hall–Kier alpha value is -3.33. The number of amides is 1. The normalized spacial score (nSPS) is 13.2. The van der Waals surface area contributed by atoms with Crippen molar-refractivity contribution >= 4 is 35.8 Å². The molecule has 1 aliphatic rings. The van der Waals surface area contributed by atoms with Crippen LogP contribution in [-0.2, 0) is 17.4 Å². The number of ether oxygens (including phenoxy) is 1. The van der Waals surface area contributed by atoms with Crippen molar-refractivity contribution in [3.63, 3.8) is 0 Å². The van der Waals surface area contributed by atoms with E-state index in [1.54, 1.807) is 19.1 Å². The van der Waals surface area contributed by atoms with Crippen LogP contribution in [0.5, 0.6) is 11.5 Å². The summed E-state index contributed by atoms with van der Waals surface area (Å²) in [5, 5.41) is 29.0. The number of fused-ring (bicyclic) bond motifs is 1. The van der Waals surface area contributed by atoms with E-state index >= 15 is 4.39 Å². The van der Waals surface area contributed by atoms with Gasteiger partial charge in [0.15, 0.2) is 17.3 Å². The lowest BCUT2D eigenvalue weighted by atomic mass is 9.78. The number of Topliss-reactive ketones (excluding diaryl/α,β-unsaturated/α-hetero) is 1. The summed E-state index contributed by atoms with van der Waals surface area (Å²) >= 11 is 0. The van der Waals surface area contributed by atoms with Crippen LogP contribution < -0.4 is 9.64 Å². The molecule has 0 fully saturated rings. The number of rotatable bonds is 6. The lowest BCUT2D eigenvalue weighted by Crippen LogP contribution is -2.31. The fraction of sp³-hybridized carbons (Fsp3) is 0.464. The number of hydrogen-bond acceptors (Lipinski definition) is 5. The van der Waals surface area contributed by atoms with Crippen LogP contribution in [0.4, 0.5) is 14.9 Å². The van der Waals surface area contributed by atoms with Crippen LogP contribution in [0.25, 0.3) is 0 Å². The Morgan fingerprint density at radius 2 is 1.63 bits per heavy atom. The van der Waals surface area contributed by atoms with Gasteiger partial charge in [-0.3, -0.25) is 15.1 Å². The Kier molecular flexibility index (Phi) is 8.78. The molecule has 3 rings (SSSR count). The number of carbonyl (C=O) groups excluding carboxylic acids is 1. The number of phenols is 1. The zero-order valence-electron chi connectivity index (χ0n) is 23.2. The number of carboxylic acid groups (broad SMARTS) is 1. The molecule has 3 N–H and O–H groups in total. The van der Waals surface area contributed by atoms with Gasteiger partial charge in [-0.05, 0) is 36.0 Å². The van der Waals surface area contributed by atoms with Crippen molar-refractivity contribution in [2.45, 2.75) is 65.8 Å². The van der Waals surface area contributed by atoms with E-state index in [0.29, 0.717) is 16.7 Å². The summed E-state index contributed by atoms with van der Waals surface area (Å²) in [6.07, 6.45) is -1.30. The third-order valence-corrected chi connectivity index (χ3v) is 6.54. The summed E-state index contributed by atoms with van der Waals surface area (Å²) in [7, 11) is 1.27. The van der Waals surface area contributed by atoms with Gasteiger partial charge >= 0.3 is 6.09 Å². The molecule has 2 aromatic rings. The van der Waals surface area contributed by atoms with Gasteiger partial charge in [-0.2, -0.15) is 0 Å². The number of ketones is 1. The maximum atomic E-state index is 15.5. The lowest BCUT2D eigenvalue weighted by molar-refractivity contribution is 0.0962. The van der Waals surface area contributed by atoms with Crippen molar-refractivity contribution in [2.24, 2.45) is 0 Å². The molecule has 0 aromatic heterocycles. The minimum absolute atomic E-state index is 0. The predicted octanol–water partition coefficient (Wildman–Crippen LogP) is 6.08. The number of anilines is 1. The van der Waals surface area contributed by atoms with Gasteiger partial charge in [-0.1, -0.05) is 41.5 Å². The van der Waals surface area contributed by atoms with Crippen LogP contribution in [-0.4, -0.2) is 53.0 Å².